The fraction of sp³-hybridized carbons (Fsp3) is 0.538. The molecule has 1 aliphatic rings. The Morgan fingerprint density at radius 2 is 2.33 bits per heavy atom. The van der Waals surface area contributed by atoms with Crippen LogP contribution in [0.25, 0.3) is 0 Å². The maximum Gasteiger partial charge on any atom is 0.251 e. The maximum absolute atomic E-state index is 12.2. The van der Waals surface area contributed by atoms with Gasteiger partial charge in [-0.3, -0.25) is 9.78 Å². The van der Waals surface area contributed by atoms with E-state index in [1.54, 1.807) is 12.1 Å². The Bertz CT molecular complexity index is 597. The lowest BCUT2D eigenvalue weighted by Gasteiger charge is -2.23. The molecule has 1 aliphatic heterocycles. The standard InChI is InChI=1S/C13H20N4O3S/c1-21(19,20)16-9-12-7-10(4-6-15-12)13(18)17-11-3-2-5-14-8-11/h4,6-7,11,14,16H,2-3,5,8-9H2,1H3,(H,17,18). The van der Waals surface area contributed by atoms with E-state index in [-0.39, 0.29) is 18.5 Å². The number of rotatable bonds is 5. The number of carbonyl (C=O) groups is 1. The van der Waals surface area contributed by atoms with E-state index in [0.29, 0.717) is 11.3 Å². The molecule has 1 atom stereocenters. The molecule has 0 bridgehead atoms. The third kappa shape index (κ3) is 5.41. The second kappa shape index (κ2) is 6.97. The molecule has 3 N–H and O–H groups in total. The van der Waals surface area contributed by atoms with Crippen LogP contribution in [0.15, 0.2) is 18.3 Å². The van der Waals surface area contributed by atoms with Crippen LogP contribution in [0, 0.1) is 0 Å². The molecule has 2 heterocycles. The van der Waals surface area contributed by atoms with Gasteiger partial charge in [-0.25, -0.2) is 13.1 Å². The van der Waals surface area contributed by atoms with Gasteiger partial charge in [0.05, 0.1) is 18.5 Å². The van der Waals surface area contributed by atoms with Crippen molar-refractivity contribution < 1.29 is 13.2 Å². The summed E-state index contributed by atoms with van der Waals surface area (Å²) in [6.07, 6.45) is 4.60. The third-order valence-electron chi connectivity index (χ3n) is 3.23. The van der Waals surface area contributed by atoms with Crippen LogP contribution in [0.4, 0.5) is 0 Å². The second-order valence-electron chi connectivity index (χ2n) is 5.15. The average molecular weight is 312 g/mol. The van der Waals surface area contributed by atoms with E-state index < -0.39 is 10.0 Å². The molecule has 1 fully saturated rings. The third-order valence-corrected chi connectivity index (χ3v) is 3.90. The lowest BCUT2D eigenvalue weighted by molar-refractivity contribution is 0.0930. The van der Waals surface area contributed by atoms with Gasteiger partial charge in [0.2, 0.25) is 10.0 Å². The van der Waals surface area contributed by atoms with Gasteiger partial charge >= 0.3 is 0 Å². The van der Waals surface area contributed by atoms with Gasteiger partial charge in [-0.2, -0.15) is 0 Å². The number of nitrogens with one attached hydrogen (secondary N) is 3. The topological polar surface area (TPSA) is 100 Å². The van der Waals surface area contributed by atoms with Gasteiger partial charge in [0.25, 0.3) is 5.91 Å². The molecule has 1 saturated heterocycles. The van der Waals surface area contributed by atoms with Crippen LogP contribution in [-0.2, 0) is 16.6 Å². The smallest absolute Gasteiger partial charge is 0.251 e. The zero-order valence-electron chi connectivity index (χ0n) is 11.9. The first-order valence-corrected chi connectivity index (χ1v) is 8.74. The van der Waals surface area contributed by atoms with Crippen LogP contribution in [0.3, 0.4) is 0 Å². The quantitative estimate of drug-likeness (QED) is 0.688. The predicted octanol–water partition coefficient (Wildman–Crippen LogP) is -0.387. The summed E-state index contributed by atoms with van der Waals surface area (Å²) in [6.45, 7) is 1.84. The summed E-state index contributed by atoms with van der Waals surface area (Å²) < 4.78 is 24.5. The Morgan fingerprint density at radius 1 is 1.52 bits per heavy atom. The predicted molar refractivity (Wildman–Crippen MR) is 79.3 cm³/mol. The lowest BCUT2D eigenvalue weighted by Crippen LogP contribution is -2.45. The van der Waals surface area contributed by atoms with Crippen LogP contribution in [0.5, 0.6) is 0 Å². The summed E-state index contributed by atoms with van der Waals surface area (Å²) in [4.78, 5) is 16.2. The highest BCUT2D eigenvalue weighted by molar-refractivity contribution is 7.88. The molecular weight excluding hydrogens is 292 g/mol. The van der Waals surface area contributed by atoms with E-state index >= 15 is 0 Å². The van der Waals surface area contributed by atoms with Crippen molar-refractivity contribution in [2.24, 2.45) is 0 Å². The highest BCUT2D eigenvalue weighted by Crippen LogP contribution is 2.06. The minimum absolute atomic E-state index is 0.0743. The van der Waals surface area contributed by atoms with E-state index in [0.717, 1.165) is 32.2 Å². The van der Waals surface area contributed by atoms with Crippen molar-refractivity contribution in [1.82, 2.24) is 20.3 Å². The summed E-state index contributed by atoms with van der Waals surface area (Å²) in [6, 6.07) is 3.36. The van der Waals surface area contributed by atoms with Gasteiger partial charge in [0, 0.05) is 24.3 Å². The van der Waals surface area contributed by atoms with Crippen molar-refractivity contribution >= 4 is 15.9 Å². The first-order chi connectivity index (χ1) is 9.94. The zero-order valence-corrected chi connectivity index (χ0v) is 12.7. The summed E-state index contributed by atoms with van der Waals surface area (Å²) in [7, 11) is -3.28. The Kier molecular flexibility index (Phi) is 5.27. The number of pyridine rings is 1. The van der Waals surface area contributed by atoms with E-state index in [2.05, 4.69) is 20.3 Å². The van der Waals surface area contributed by atoms with Gasteiger partial charge in [-0.1, -0.05) is 0 Å². The van der Waals surface area contributed by atoms with Crippen LogP contribution >= 0.6 is 0 Å². The van der Waals surface area contributed by atoms with Crippen molar-refractivity contribution in [1.29, 1.82) is 0 Å². The van der Waals surface area contributed by atoms with Gasteiger partial charge in [0.1, 0.15) is 0 Å². The lowest BCUT2D eigenvalue weighted by atomic mass is 10.1. The molecule has 8 heteroatoms. The largest absolute Gasteiger partial charge is 0.348 e. The van der Waals surface area contributed by atoms with Crippen LogP contribution in [-0.4, -0.2) is 44.7 Å². The number of sulfonamides is 1. The number of piperidine rings is 1. The fourth-order valence-corrected chi connectivity index (χ4v) is 2.57. The summed E-state index contributed by atoms with van der Waals surface area (Å²) in [5, 5.41) is 6.20. The van der Waals surface area contributed by atoms with Gasteiger partial charge in [-0.15, -0.1) is 0 Å². The van der Waals surface area contributed by atoms with E-state index in [4.69, 9.17) is 0 Å². The van der Waals surface area contributed by atoms with E-state index in [9.17, 15) is 13.2 Å². The summed E-state index contributed by atoms with van der Waals surface area (Å²) in [5.74, 6) is -0.160. The van der Waals surface area contributed by atoms with Crippen molar-refractivity contribution in [2.75, 3.05) is 19.3 Å². The zero-order chi connectivity index (χ0) is 15.3. The Hall–Kier alpha value is -1.51. The molecule has 0 aromatic carbocycles. The molecular formula is C13H20N4O3S. The number of aromatic nitrogens is 1. The Labute approximate surface area is 124 Å². The number of hydrogen-bond donors (Lipinski definition) is 3. The SMILES string of the molecule is CS(=O)(=O)NCc1cc(C(=O)NC2CCCNC2)ccn1. The summed E-state index contributed by atoms with van der Waals surface area (Å²) in [5.41, 5.74) is 0.996. The monoisotopic (exact) mass is 312 g/mol. The minimum Gasteiger partial charge on any atom is -0.348 e. The molecule has 1 amide bonds. The number of nitrogens with zero attached hydrogens (tertiary/aromatic N) is 1. The summed E-state index contributed by atoms with van der Waals surface area (Å²) >= 11 is 0. The molecule has 0 spiro atoms. The van der Waals surface area contributed by atoms with Gasteiger partial charge < -0.3 is 10.6 Å². The van der Waals surface area contributed by atoms with Gasteiger partial charge in [-0.05, 0) is 31.5 Å². The van der Waals surface area contributed by atoms with E-state index in [1.807, 2.05) is 0 Å². The molecule has 2 rings (SSSR count). The van der Waals surface area contributed by atoms with Crippen molar-refractivity contribution in [2.45, 2.75) is 25.4 Å². The second-order valence-corrected chi connectivity index (χ2v) is 6.98. The molecule has 1 unspecified atom stereocenters. The Balaban J connectivity index is 1.97. The molecule has 1 aromatic rings. The first kappa shape index (κ1) is 15.9. The van der Waals surface area contributed by atoms with Crippen molar-refractivity contribution in [3.05, 3.63) is 29.6 Å². The number of carbonyl (C=O) groups excluding carboxylic acids is 1. The normalized spacial score (nSPS) is 19.2. The van der Waals surface area contributed by atoms with Crippen LogP contribution in [0.1, 0.15) is 28.9 Å². The molecule has 1 aromatic heterocycles. The number of amides is 1. The van der Waals surface area contributed by atoms with Crippen molar-refractivity contribution in [3.8, 4) is 0 Å². The molecule has 0 aliphatic carbocycles. The molecule has 0 radical (unpaired) electrons. The first-order valence-electron chi connectivity index (χ1n) is 6.85. The fourth-order valence-electron chi connectivity index (χ4n) is 2.16. The number of hydrogen-bond acceptors (Lipinski definition) is 5. The van der Waals surface area contributed by atoms with Gasteiger partial charge in [0.15, 0.2) is 0 Å². The minimum atomic E-state index is -3.28. The molecule has 7 nitrogen and oxygen atoms in total. The highest BCUT2D eigenvalue weighted by atomic mass is 32.2. The van der Waals surface area contributed by atoms with Crippen molar-refractivity contribution in [3.63, 3.8) is 0 Å². The van der Waals surface area contributed by atoms with E-state index in [1.165, 1.54) is 6.20 Å². The molecule has 116 valence electrons. The van der Waals surface area contributed by atoms with Crippen LogP contribution < -0.4 is 15.4 Å². The average Bonchev–Trinajstić information content (AvgIpc) is 2.46. The molecule has 21 heavy (non-hydrogen) atoms. The maximum atomic E-state index is 12.2. The van der Waals surface area contributed by atoms with Crippen LogP contribution in [0.2, 0.25) is 0 Å². The highest BCUT2D eigenvalue weighted by Gasteiger charge is 2.16. The Morgan fingerprint density at radius 3 is 3.00 bits per heavy atom. The molecule has 0 saturated carbocycles.